The molecule has 0 heterocycles. The van der Waals surface area contributed by atoms with E-state index in [1.165, 1.54) is 0 Å². The average Bonchev–Trinajstić information content (AvgIpc) is 2.14. The lowest BCUT2D eigenvalue weighted by Gasteiger charge is -2.41. The van der Waals surface area contributed by atoms with Crippen molar-refractivity contribution in [3.8, 4) is 0 Å². The SMILES string of the molecule is Cc1ccccc1C(F)C1(N)CCC1. The minimum atomic E-state index is -1.00. The molecule has 2 heteroatoms. The first-order valence-corrected chi connectivity index (χ1v) is 5.12. The van der Waals surface area contributed by atoms with Crippen molar-refractivity contribution in [3.05, 3.63) is 35.4 Å². The third-order valence-electron chi connectivity index (χ3n) is 3.25. The smallest absolute Gasteiger partial charge is 0.143 e. The number of benzene rings is 1. The van der Waals surface area contributed by atoms with Crippen LogP contribution in [0.1, 0.15) is 36.6 Å². The van der Waals surface area contributed by atoms with Crippen molar-refractivity contribution in [3.63, 3.8) is 0 Å². The molecule has 0 radical (unpaired) electrons. The van der Waals surface area contributed by atoms with E-state index >= 15 is 0 Å². The molecule has 1 aliphatic rings. The lowest BCUT2D eigenvalue weighted by Crippen LogP contribution is -2.50. The molecule has 1 unspecified atom stereocenters. The summed E-state index contributed by atoms with van der Waals surface area (Å²) >= 11 is 0. The monoisotopic (exact) mass is 193 g/mol. The Morgan fingerprint density at radius 2 is 2.00 bits per heavy atom. The second kappa shape index (κ2) is 3.35. The maximum Gasteiger partial charge on any atom is 0.143 e. The molecule has 0 saturated heterocycles. The summed E-state index contributed by atoms with van der Waals surface area (Å²) in [4.78, 5) is 0. The van der Waals surface area contributed by atoms with Crippen molar-refractivity contribution in [1.29, 1.82) is 0 Å². The largest absolute Gasteiger partial charge is 0.322 e. The summed E-state index contributed by atoms with van der Waals surface area (Å²) in [6, 6.07) is 7.57. The van der Waals surface area contributed by atoms with Crippen LogP contribution < -0.4 is 5.73 Å². The van der Waals surface area contributed by atoms with Gasteiger partial charge in [0.25, 0.3) is 0 Å². The number of nitrogens with two attached hydrogens (primary N) is 1. The summed E-state index contributed by atoms with van der Waals surface area (Å²) in [6.45, 7) is 1.93. The Kier molecular flexibility index (Phi) is 2.31. The van der Waals surface area contributed by atoms with Gasteiger partial charge in [-0.3, -0.25) is 0 Å². The molecule has 1 aromatic rings. The Bertz CT molecular complexity index is 331. The van der Waals surface area contributed by atoms with Crippen molar-refractivity contribution in [1.82, 2.24) is 0 Å². The van der Waals surface area contributed by atoms with E-state index < -0.39 is 11.7 Å². The molecular weight excluding hydrogens is 177 g/mol. The fourth-order valence-corrected chi connectivity index (χ4v) is 2.02. The van der Waals surface area contributed by atoms with Gasteiger partial charge in [-0.05, 0) is 37.3 Å². The second-order valence-electron chi connectivity index (χ2n) is 4.31. The minimum Gasteiger partial charge on any atom is -0.322 e. The van der Waals surface area contributed by atoms with Crippen LogP contribution in [0.15, 0.2) is 24.3 Å². The Labute approximate surface area is 84.1 Å². The van der Waals surface area contributed by atoms with E-state index in [-0.39, 0.29) is 0 Å². The van der Waals surface area contributed by atoms with Gasteiger partial charge in [0.2, 0.25) is 0 Å². The molecule has 0 aliphatic heterocycles. The van der Waals surface area contributed by atoms with Gasteiger partial charge < -0.3 is 5.73 Å². The quantitative estimate of drug-likeness (QED) is 0.767. The third-order valence-corrected chi connectivity index (χ3v) is 3.25. The first-order valence-electron chi connectivity index (χ1n) is 5.12. The molecule has 0 aromatic heterocycles. The van der Waals surface area contributed by atoms with E-state index in [2.05, 4.69) is 0 Å². The first kappa shape index (κ1) is 9.66. The van der Waals surface area contributed by atoms with Crippen molar-refractivity contribution >= 4 is 0 Å². The number of hydrogen-bond acceptors (Lipinski definition) is 1. The van der Waals surface area contributed by atoms with Gasteiger partial charge in [0.15, 0.2) is 0 Å². The fraction of sp³-hybridized carbons (Fsp3) is 0.500. The molecule has 2 rings (SSSR count). The number of halogens is 1. The van der Waals surface area contributed by atoms with Gasteiger partial charge in [-0.2, -0.15) is 0 Å². The van der Waals surface area contributed by atoms with E-state index in [1.54, 1.807) is 0 Å². The minimum absolute atomic E-state index is 0.591. The van der Waals surface area contributed by atoms with Crippen LogP contribution >= 0.6 is 0 Å². The predicted octanol–water partition coefficient (Wildman–Crippen LogP) is 2.89. The van der Waals surface area contributed by atoms with Crippen molar-refractivity contribution < 1.29 is 4.39 Å². The van der Waals surface area contributed by atoms with Crippen LogP contribution in [0.2, 0.25) is 0 Å². The fourth-order valence-electron chi connectivity index (χ4n) is 2.02. The standard InChI is InChI=1S/C12H16FN/c1-9-5-2-3-6-10(9)11(13)12(14)7-4-8-12/h2-3,5-6,11H,4,7-8,14H2,1H3. The zero-order valence-electron chi connectivity index (χ0n) is 8.46. The van der Waals surface area contributed by atoms with Crippen LogP contribution in [0.25, 0.3) is 0 Å². The highest BCUT2D eigenvalue weighted by Gasteiger charge is 2.42. The van der Waals surface area contributed by atoms with Crippen LogP contribution in [-0.2, 0) is 0 Å². The Hall–Kier alpha value is -0.890. The molecule has 1 aromatic carbocycles. The van der Waals surface area contributed by atoms with E-state index in [0.29, 0.717) is 0 Å². The molecule has 1 saturated carbocycles. The lowest BCUT2D eigenvalue weighted by molar-refractivity contribution is 0.108. The van der Waals surface area contributed by atoms with Gasteiger partial charge >= 0.3 is 0 Å². The molecule has 1 atom stereocenters. The van der Waals surface area contributed by atoms with Crippen LogP contribution in [0, 0.1) is 6.92 Å². The summed E-state index contributed by atoms with van der Waals surface area (Å²) in [5.74, 6) is 0. The average molecular weight is 193 g/mol. The van der Waals surface area contributed by atoms with Gasteiger partial charge in [0, 0.05) is 0 Å². The first-order chi connectivity index (χ1) is 6.63. The maximum atomic E-state index is 14.1. The molecule has 0 bridgehead atoms. The van der Waals surface area contributed by atoms with Gasteiger partial charge in [-0.25, -0.2) is 4.39 Å². The molecule has 76 valence electrons. The van der Waals surface area contributed by atoms with Crippen molar-refractivity contribution in [2.24, 2.45) is 5.73 Å². The number of aryl methyl sites for hydroxylation is 1. The number of rotatable bonds is 2. The normalized spacial score (nSPS) is 21.4. The Morgan fingerprint density at radius 3 is 2.50 bits per heavy atom. The van der Waals surface area contributed by atoms with Crippen LogP contribution in [0.3, 0.4) is 0 Å². The van der Waals surface area contributed by atoms with Crippen molar-refractivity contribution in [2.45, 2.75) is 37.9 Å². The summed E-state index contributed by atoms with van der Waals surface area (Å²) in [6.07, 6.45) is 1.67. The molecular formula is C12H16FN. The summed E-state index contributed by atoms with van der Waals surface area (Å²) in [7, 11) is 0. The van der Waals surface area contributed by atoms with Gasteiger partial charge in [-0.1, -0.05) is 24.3 Å². The lowest BCUT2D eigenvalue weighted by atomic mass is 9.72. The van der Waals surface area contributed by atoms with E-state index in [1.807, 2.05) is 31.2 Å². The van der Waals surface area contributed by atoms with Gasteiger partial charge in [-0.15, -0.1) is 0 Å². The highest BCUT2D eigenvalue weighted by Crippen LogP contribution is 2.42. The maximum absolute atomic E-state index is 14.1. The molecule has 0 spiro atoms. The van der Waals surface area contributed by atoms with Gasteiger partial charge in [0.1, 0.15) is 6.17 Å². The molecule has 2 N–H and O–H groups in total. The van der Waals surface area contributed by atoms with Crippen LogP contribution in [-0.4, -0.2) is 5.54 Å². The number of hydrogen-bond donors (Lipinski definition) is 1. The Morgan fingerprint density at radius 1 is 1.36 bits per heavy atom. The zero-order valence-corrected chi connectivity index (χ0v) is 8.46. The van der Waals surface area contributed by atoms with E-state index in [4.69, 9.17) is 5.73 Å². The van der Waals surface area contributed by atoms with E-state index in [0.717, 1.165) is 30.4 Å². The zero-order chi connectivity index (χ0) is 10.2. The summed E-state index contributed by atoms with van der Waals surface area (Å²) < 4.78 is 14.1. The molecule has 1 fully saturated rings. The number of alkyl halides is 1. The molecule has 1 nitrogen and oxygen atoms in total. The second-order valence-corrected chi connectivity index (χ2v) is 4.31. The van der Waals surface area contributed by atoms with E-state index in [9.17, 15) is 4.39 Å². The van der Waals surface area contributed by atoms with Gasteiger partial charge in [0.05, 0.1) is 5.54 Å². The third kappa shape index (κ3) is 1.44. The highest BCUT2D eigenvalue weighted by atomic mass is 19.1. The summed E-state index contributed by atoms with van der Waals surface area (Å²) in [5.41, 5.74) is 7.14. The van der Waals surface area contributed by atoms with Crippen LogP contribution in [0.4, 0.5) is 4.39 Å². The molecule has 14 heavy (non-hydrogen) atoms. The molecule has 0 amide bonds. The molecule has 1 aliphatic carbocycles. The summed E-state index contributed by atoms with van der Waals surface area (Å²) in [5, 5.41) is 0. The predicted molar refractivity (Wildman–Crippen MR) is 55.8 cm³/mol. The Balaban J connectivity index is 2.26. The van der Waals surface area contributed by atoms with Crippen LogP contribution in [0.5, 0.6) is 0 Å². The van der Waals surface area contributed by atoms with Crippen molar-refractivity contribution in [2.75, 3.05) is 0 Å². The highest BCUT2D eigenvalue weighted by molar-refractivity contribution is 5.30. The topological polar surface area (TPSA) is 26.0 Å².